The van der Waals surface area contributed by atoms with Gasteiger partial charge in [0, 0.05) is 5.56 Å². The van der Waals surface area contributed by atoms with Crippen LogP contribution >= 0.6 is 0 Å². The summed E-state index contributed by atoms with van der Waals surface area (Å²) in [6, 6.07) is 22.3. The summed E-state index contributed by atoms with van der Waals surface area (Å²) in [6.07, 6.45) is 3.74. The molecule has 3 rings (SSSR count). The Morgan fingerprint density at radius 3 is 2.30 bits per heavy atom. The molecule has 3 heteroatoms. The highest BCUT2D eigenvalue weighted by molar-refractivity contribution is 5.87. The number of benzene rings is 3. The zero-order valence-corrected chi connectivity index (χ0v) is 14.6. The normalized spacial score (nSPS) is 10.4. The van der Waals surface area contributed by atoms with Crippen LogP contribution in [-0.4, -0.2) is 16.2 Å². The fraction of sp³-hybridized carbons (Fsp3) is 0.0417. The average Bonchev–Trinajstić information content (AvgIpc) is 2.72. The quantitative estimate of drug-likeness (QED) is 0.673. The molecule has 0 saturated carbocycles. The molecule has 0 spiro atoms. The molecule has 0 atom stereocenters. The van der Waals surface area contributed by atoms with Crippen molar-refractivity contribution < 1.29 is 15.0 Å². The minimum Gasteiger partial charge on any atom is -0.478 e. The van der Waals surface area contributed by atoms with Gasteiger partial charge in [0.1, 0.15) is 0 Å². The zero-order chi connectivity index (χ0) is 19.1. The molecule has 0 amide bonds. The first kappa shape index (κ1) is 18.2. The third kappa shape index (κ3) is 4.72. The van der Waals surface area contributed by atoms with E-state index in [1.54, 1.807) is 30.3 Å². The van der Waals surface area contributed by atoms with Crippen molar-refractivity contribution in [2.45, 2.75) is 6.61 Å². The van der Waals surface area contributed by atoms with Gasteiger partial charge in [-0.1, -0.05) is 60.4 Å². The maximum absolute atomic E-state index is 10.9. The molecule has 3 nitrogen and oxygen atoms in total. The van der Waals surface area contributed by atoms with Crippen LogP contribution in [0.2, 0.25) is 0 Å². The van der Waals surface area contributed by atoms with Crippen molar-refractivity contribution in [3.05, 3.63) is 101 Å². The largest absolute Gasteiger partial charge is 0.478 e. The molecule has 132 valence electrons. The van der Waals surface area contributed by atoms with Crippen LogP contribution in [0.4, 0.5) is 0 Å². The first-order valence-corrected chi connectivity index (χ1v) is 8.48. The van der Waals surface area contributed by atoms with Gasteiger partial charge in [0.15, 0.2) is 0 Å². The molecular weight excluding hydrogens is 336 g/mol. The van der Waals surface area contributed by atoms with E-state index in [4.69, 9.17) is 5.11 Å². The van der Waals surface area contributed by atoms with Crippen LogP contribution in [0, 0.1) is 11.8 Å². The highest BCUT2D eigenvalue weighted by atomic mass is 16.4. The molecular formula is C24H18O3. The lowest BCUT2D eigenvalue weighted by molar-refractivity contribution is 0.0697. The van der Waals surface area contributed by atoms with Gasteiger partial charge in [-0.3, -0.25) is 0 Å². The standard InChI is InChI=1S/C24H18O3/c25-17-19-11-13-21(14-12-19)23-8-4-3-7-20(23)6-2-1-5-18-9-15-22(16-10-18)24(26)27/h2-4,6-16,25H,17H2,(H,26,27)/b6-2+. The third-order valence-electron chi connectivity index (χ3n) is 4.10. The minimum absolute atomic E-state index is 0.0326. The number of carbonyl (C=O) groups is 1. The van der Waals surface area contributed by atoms with E-state index in [2.05, 4.69) is 11.8 Å². The average molecular weight is 354 g/mol. The molecule has 3 aromatic carbocycles. The molecule has 0 heterocycles. The Kier molecular flexibility index (Phi) is 5.84. The van der Waals surface area contributed by atoms with E-state index in [1.165, 1.54) is 0 Å². The molecule has 0 bridgehead atoms. The van der Waals surface area contributed by atoms with Gasteiger partial charge in [-0.2, -0.15) is 0 Å². The van der Waals surface area contributed by atoms with E-state index >= 15 is 0 Å². The Bertz CT molecular complexity index is 1020. The summed E-state index contributed by atoms with van der Waals surface area (Å²) >= 11 is 0. The van der Waals surface area contributed by atoms with E-state index in [0.717, 1.165) is 27.8 Å². The first-order chi connectivity index (χ1) is 13.2. The van der Waals surface area contributed by atoms with Gasteiger partial charge in [0.05, 0.1) is 12.2 Å². The molecule has 0 aromatic heterocycles. The topological polar surface area (TPSA) is 57.5 Å². The highest BCUT2D eigenvalue weighted by Crippen LogP contribution is 2.25. The van der Waals surface area contributed by atoms with Crippen LogP contribution in [0.25, 0.3) is 17.2 Å². The van der Waals surface area contributed by atoms with Crippen molar-refractivity contribution >= 4 is 12.0 Å². The molecule has 27 heavy (non-hydrogen) atoms. The molecule has 3 aromatic rings. The third-order valence-corrected chi connectivity index (χ3v) is 4.10. The summed E-state index contributed by atoms with van der Waals surface area (Å²) in [7, 11) is 0. The highest BCUT2D eigenvalue weighted by Gasteiger charge is 2.02. The molecule has 0 fully saturated rings. The number of carboxylic acids is 1. The van der Waals surface area contributed by atoms with Gasteiger partial charge in [0.25, 0.3) is 0 Å². The second-order valence-electron chi connectivity index (χ2n) is 5.93. The number of aromatic carboxylic acids is 1. The second kappa shape index (κ2) is 8.66. The van der Waals surface area contributed by atoms with Crippen LogP contribution in [-0.2, 0) is 6.61 Å². The number of allylic oxidation sites excluding steroid dienone is 1. The molecule has 0 radical (unpaired) electrons. The Balaban J connectivity index is 1.79. The lowest BCUT2D eigenvalue weighted by atomic mass is 9.98. The van der Waals surface area contributed by atoms with Gasteiger partial charge in [-0.05, 0) is 58.7 Å². The molecule has 0 saturated heterocycles. The van der Waals surface area contributed by atoms with Crippen molar-refractivity contribution in [2.24, 2.45) is 0 Å². The molecule has 0 aliphatic rings. The van der Waals surface area contributed by atoms with Crippen molar-refractivity contribution in [1.82, 2.24) is 0 Å². The van der Waals surface area contributed by atoms with Gasteiger partial charge < -0.3 is 10.2 Å². The zero-order valence-electron chi connectivity index (χ0n) is 14.6. The maximum atomic E-state index is 10.9. The Morgan fingerprint density at radius 2 is 1.63 bits per heavy atom. The van der Waals surface area contributed by atoms with E-state index in [0.29, 0.717) is 0 Å². The maximum Gasteiger partial charge on any atom is 0.335 e. The van der Waals surface area contributed by atoms with Crippen LogP contribution < -0.4 is 0 Å². The van der Waals surface area contributed by atoms with E-state index in [1.807, 2.05) is 54.6 Å². The summed E-state index contributed by atoms with van der Waals surface area (Å²) in [6.45, 7) is 0.0326. The summed E-state index contributed by atoms with van der Waals surface area (Å²) in [4.78, 5) is 10.9. The van der Waals surface area contributed by atoms with Crippen molar-refractivity contribution in [3.63, 3.8) is 0 Å². The lowest BCUT2D eigenvalue weighted by Gasteiger charge is -2.06. The number of carboxylic acid groups (broad SMARTS) is 1. The second-order valence-corrected chi connectivity index (χ2v) is 5.93. The Labute approximate surface area is 158 Å². The molecule has 0 aliphatic heterocycles. The van der Waals surface area contributed by atoms with E-state index in [-0.39, 0.29) is 12.2 Å². The predicted molar refractivity (Wildman–Crippen MR) is 107 cm³/mol. The fourth-order valence-corrected chi connectivity index (χ4v) is 2.65. The van der Waals surface area contributed by atoms with Gasteiger partial charge in [-0.15, -0.1) is 0 Å². The summed E-state index contributed by atoms with van der Waals surface area (Å²) in [5.41, 5.74) is 5.10. The SMILES string of the molecule is O=C(O)c1ccc(C#C/C=C/c2ccccc2-c2ccc(CO)cc2)cc1. The summed E-state index contributed by atoms with van der Waals surface area (Å²) < 4.78 is 0. The first-order valence-electron chi connectivity index (χ1n) is 8.48. The Morgan fingerprint density at radius 1 is 0.926 bits per heavy atom. The van der Waals surface area contributed by atoms with Crippen molar-refractivity contribution in [3.8, 4) is 23.0 Å². The minimum atomic E-state index is -0.946. The van der Waals surface area contributed by atoms with Crippen LogP contribution in [0.3, 0.4) is 0 Å². The summed E-state index contributed by atoms with van der Waals surface area (Å²) in [5.74, 6) is 5.04. The number of rotatable bonds is 4. The smallest absolute Gasteiger partial charge is 0.335 e. The van der Waals surface area contributed by atoms with Crippen molar-refractivity contribution in [2.75, 3.05) is 0 Å². The predicted octanol–water partition coefficient (Wildman–Crippen LogP) is 4.61. The van der Waals surface area contributed by atoms with E-state index < -0.39 is 5.97 Å². The number of hydrogen-bond donors (Lipinski definition) is 2. The monoisotopic (exact) mass is 354 g/mol. The Hall–Kier alpha value is -3.61. The summed E-state index contributed by atoms with van der Waals surface area (Å²) in [5, 5.41) is 18.1. The number of aliphatic hydroxyl groups is 1. The molecule has 2 N–H and O–H groups in total. The van der Waals surface area contributed by atoms with Crippen LogP contribution in [0.15, 0.2) is 78.9 Å². The number of aliphatic hydroxyl groups excluding tert-OH is 1. The lowest BCUT2D eigenvalue weighted by Crippen LogP contribution is -1.94. The van der Waals surface area contributed by atoms with Gasteiger partial charge in [0.2, 0.25) is 0 Å². The van der Waals surface area contributed by atoms with Crippen LogP contribution in [0.5, 0.6) is 0 Å². The van der Waals surface area contributed by atoms with Crippen LogP contribution in [0.1, 0.15) is 27.0 Å². The van der Waals surface area contributed by atoms with Gasteiger partial charge in [-0.25, -0.2) is 4.79 Å². The molecule has 0 unspecified atom stereocenters. The van der Waals surface area contributed by atoms with E-state index in [9.17, 15) is 9.90 Å². The molecule has 0 aliphatic carbocycles. The fourth-order valence-electron chi connectivity index (χ4n) is 2.65. The van der Waals surface area contributed by atoms with Crippen molar-refractivity contribution in [1.29, 1.82) is 0 Å². The van der Waals surface area contributed by atoms with Gasteiger partial charge >= 0.3 is 5.97 Å². The number of hydrogen-bond acceptors (Lipinski definition) is 2.